The molecule has 2 N–H and O–H groups in total. The Balaban J connectivity index is 2.29. The van der Waals surface area contributed by atoms with E-state index in [1.54, 1.807) is 25.2 Å². The molecule has 0 aromatic heterocycles. The Hall–Kier alpha value is -2.00. The molecule has 0 unspecified atom stereocenters. The predicted octanol–water partition coefficient (Wildman–Crippen LogP) is 3.76. The molecular weight excluding hydrogens is 272 g/mol. The second kappa shape index (κ2) is 5.97. The molecule has 2 aromatic rings. The van der Waals surface area contributed by atoms with Crippen LogP contribution in [-0.2, 0) is 6.42 Å². The summed E-state index contributed by atoms with van der Waals surface area (Å²) in [5.74, 6) is -0.110. The number of nitrogen functional groups attached to an aromatic ring is 1. The molecule has 0 aliphatic heterocycles. The van der Waals surface area contributed by atoms with E-state index in [2.05, 4.69) is 6.92 Å². The molecule has 2 aromatic carbocycles. The van der Waals surface area contributed by atoms with Crippen molar-refractivity contribution in [3.63, 3.8) is 0 Å². The molecule has 0 radical (unpaired) electrons. The molecule has 20 heavy (non-hydrogen) atoms. The van der Waals surface area contributed by atoms with E-state index in [9.17, 15) is 4.79 Å². The number of nitrogens with two attached hydrogens (primary N) is 1. The van der Waals surface area contributed by atoms with Crippen LogP contribution in [0.25, 0.3) is 0 Å². The zero-order chi connectivity index (χ0) is 14.7. The maximum Gasteiger partial charge on any atom is 0.258 e. The van der Waals surface area contributed by atoms with E-state index in [1.165, 1.54) is 10.5 Å². The standard InChI is InChI=1S/C16H17ClN2O/c1-3-11-4-6-12(7-5-11)16(20)19(2)15-10-13(17)8-9-14(15)18/h4-10H,3,18H2,1-2H3. The third-order valence-corrected chi connectivity index (χ3v) is 3.50. The second-order valence-corrected chi connectivity index (χ2v) is 5.05. The van der Waals surface area contributed by atoms with Gasteiger partial charge in [-0.2, -0.15) is 0 Å². The van der Waals surface area contributed by atoms with Gasteiger partial charge in [0.1, 0.15) is 0 Å². The summed E-state index contributed by atoms with van der Waals surface area (Å²) in [4.78, 5) is 14.0. The van der Waals surface area contributed by atoms with Crippen LogP contribution in [0.2, 0.25) is 5.02 Å². The Morgan fingerprint density at radius 2 is 1.85 bits per heavy atom. The van der Waals surface area contributed by atoms with Gasteiger partial charge in [-0.15, -0.1) is 0 Å². The molecule has 0 spiro atoms. The topological polar surface area (TPSA) is 46.3 Å². The van der Waals surface area contributed by atoms with Gasteiger partial charge in [-0.25, -0.2) is 0 Å². The molecule has 0 bridgehead atoms. The van der Waals surface area contributed by atoms with E-state index in [4.69, 9.17) is 17.3 Å². The number of benzene rings is 2. The molecular formula is C16H17ClN2O. The first-order valence-corrected chi connectivity index (χ1v) is 6.82. The highest BCUT2D eigenvalue weighted by molar-refractivity contribution is 6.31. The minimum Gasteiger partial charge on any atom is -0.397 e. The van der Waals surface area contributed by atoms with E-state index >= 15 is 0 Å². The lowest BCUT2D eigenvalue weighted by Crippen LogP contribution is -2.27. The van der Waals surface area contributed by atoms with Gasteiger partial charge in [0.15, 0.2) is 0 Å². The van der Waals surface area contributed by atoms with Gasteiger partial charge >= 0.3 is 0 Å². The van der Waals surface area contributed by atoms with Crippen LogP contribution in [-0.4, -0.2) is 13.0 Å². The third kappa shape index (κ3) is 2.94. The highest BCUT2D eigenvalue weighted by Gasteiger charge is 2.15. The lowest BCUT2D eigenvalue weighted by atomic mass is 10.1. The smallest absolute Gasteiger partial charge is 0.258 e. The first kappa shape index (κ1) is 14.4. The number of halogens is 1. The Labute approximate surface area is 124 Å². The van der Waals surface area contributed by atoms with Gasteiger partial charge in [0.25, 0.3) is 5.91 Å². The number of aryl methyl sites for hydroxylation is 1. The van der Waals surface area contributed by atoms with Crippen molar-refractivity contribution in [1.29, 1.82) is 0 Å². The maximum absolute atomic E-state index is 12.4. The molecule has 0 aliphatic rings. The summed E-state index contributed by atoms with van der Waals surface area (Å²) in [6.45, 7) is 2.08. The molecule has 2 rings (SSSR count). The fourth-order valence-corrected chi connectivity index (χ4v) is 2.16. The molecule has 0 heterocycles. The Kier molecular flexibility index (Phi) is 4.30. The van der Waals surface area contributed by atoms with Gasteiger partial charge in [0, 0.05) is 17.6 Å². The second-order valence-electron chi connectivity index (χ2n) is 4.62. The van der Waals surface area contributed by atoms with Crippen molar-refractivity contribution in [2.45, 2.75) is 13.3 Å². The van der Waals surface area contributed by atoms with Crippen molar-refractivity contribution in [3.8, 4) is 0 Å². The monoisotopic (exact) mass is 288 g/mol. The lowest BCUT2D eigenvalue weighted by molar-refractivity contribution is 0.0993. The minimum atomic E-state index is -0.110. The first-order chi connectivity index (χ1) is 9.52. The largest absolute Gasteiger partial charge is 0.397 e. The lowest BCUT2D eigenvalue weighted by Gasteiger charge is -2.19. The van der Waals surface area contributed by atoms with Gasteiger partial charge in [0.05, 0.1) is 11.4 Å². The highest BCUT2D eigenvalue weighted by atomic mass is 35.5. The van der Waals surface area contributed by atoms with Gasteiger partial charge in [-0.05, 0) is 42.3 Å². The van der Waals surface area contributed by atoms with Crippen molar-refractivity contribution in [2.75, 3.05) is 17.7 Å². The van der Waals surface area contributed by atoms with Crippen LogP contribution in [0.5, 0.6) is 0 Å². The fraction of sp³-hybridized carbons (Fsp3) is 0.188. The zero-order valence-electron chi connectivity index (χ0n) is 11.6. The van der Waals surface area contributed by atoms with E-state index in [0.717, 1.165) is 6.42 Å². The van der Waals surface area contributed by atoms with Crippen LogP contribution < -0.4 is 10.6 Å². The van der Waals surface area contributed by atoms with Gasteiger partial charge in [0.2, 0.25) is 0 Å². The predicted molar refractivity (Wildman–Crippen MR) is 84.4 cm³/mol. The van der Waals surface area contributed by atoms with Crippen molar-refractivity contribution in [1.82, 2.24) is 0 Å². The summed E-state index contributed by atoms with van der Waals surface area (Å²) in [7, 11) is 1.69. The van der Waals surface area contributed by atoms with E-state index in [-0.39, 0.29) is 5.91 Å². The molecule has 1 amide bonds. The van der Waals surface area contributed by atoms with Crippen molar-refractivity contribution < 1.29 is 4.79 Å². The average Bonchev–Trinajstić information content (AvgIpc) is 2.48. The van der Waals surface area contributed by atoms with Crippen LogP contribution in [0.15, 0.2) is 42.5 Å². The number of anilines is 2. The average molecular weight is 289 g/mol. The summed E-state index contributed by atoms with van der Waals surface area (Å²) >= 11 is 5.96. The molecule has 3 nitrogen and oxygen atoms in total. The molecule has 0 aliphatic carbocycles. The molecule has 0 saturated carbocycles. The van der Waals surface area contributed by atoms with Crippen LogP contribution in [0, 0.1) is 0 Å². The molecule has 0 saturated heterocycles. The van der Waals surface area contributed by atoms with Crippen LogP contribution in [0.4, 0.5) is 11.4 Å². The molecule has 0 fully saturated rings. The van der Waals surface area contributed by atoms with Gasteiger partial charge < -0.3 is 10.6 Å². The number of amides is 1. The number of hydrogen-bond donors (Lipinski definition) is 1. The summed E-state index contributed by atoms with van der Waals surface area (Å²) in [5, 5.41) is 0.551. The summed E-state index contributed by atoms with van der Waals surface area (Å²) in [6.07, 6.45) is 0.950. The highest BCUT2D eigenvalue weighted by Crippen LogP contribution is 2.27. The number of carbonyl (C=O) groups excluding carboxylic acids is 1. The summed E-state index contributed by atoms with van der Waals surface area (Å²) in [6, 6.07) is 12.7. The molecule has 0 atom stereocenters. The minimum absolute atomic E-state index is 0.110. The van der Waals surface area contributed by atoms with Crippen LogP contribution >= 0.6 is 11.6 Å². The fourth-order valence-electron chi connectivity index (χ4n) is 1.99. The Morgan fingerprint density at radius 1 is 1.20 bits per heavy atom. The Bertz CT molecular complexity index is 623. The Morgan fingerprint density at radius 3 is 2.45 bits per heavy atom. The quantitative estimate of drug-likeness (QED) is 0.874. The summed E-state index contributed by atoms with van der Waals surface area (Å²) < 4.78 is 0. The summed E-state index contributed by atoms with van der Waals surface area (Å²) in [5.41, 5.74) is 8.87. The third-order valence-electron chi connectivity index (χ3n) is 3.27. The van der Waals surface area contributed by atoms with E-state index in [0.29, 0.717) is 22.0 Å². The molecule has 104 valence electrons. The normalized spacial score (nSPS) is 10.3. The first-order valence-electron chi connectivity index (χ1n) is 6.45. The SMILES string of the molecule is CCc1ccc(C(=O)N(C)c2cc(Cl)ccc2N)cc1. The molecule has 4 heteroatoms. The van der Waals surface area contributed by atoms with Crippen LogP contribution in [0.3, 0.4) is 0 Å². The van der Waals surface area contributed by atoms with Crippen molar-refractivity contribution >= 4 is 28.9 Å². The zero-order valence-corrected chi connectivity index (χ0v) is 12.3. The number of carbonyl (C=O) groups is 1. The van der Waals surface area contributed by atoms with Crippen LogP contribution in [0.1, 0.15) is 22.8 Å². The van der Waals surface area contributed by atoms with E-state index < -0.39 is 0 Å². The van der Waals surface area contributed by atoms with Crippen molar-refractivity contribution in [3.05, 3.63) is 58.6 Å². The number of rotatable bonds is 3. The van der Waals surface area contributed by atoms with E-state index in [1.807, 2.05) is 24.3 Å². The van der Waals surface area contributed by atoms with Gasteiger partial charge in [-0.3, -0.25) is 4.79 Å². The number of hydrogen-bond acceptors (Lipinski definition) is 2. The van der Waals surface area contributed by atoms with Gasteiger partial charge in [-0.1, -0.05) is 30.7 Å². The maximum atomic E-state index is 12.4. The number of nitrogens with zero attached hydrogens (tertiary/aromatic N) is 1. The van der Waals surface area contributed by atoms with Crippen molar-refractivity contribution in [2.24, 2.45) is 0 Å².